The van der Waals surface area contributed by atoms with Crippen molar-refractivity contribution in [2.24, 2.45) is 0 Å². The first kappa shape index (κ1) is 24.4. The Bertz CT molecular complexity index is 1470. The molecular weight excluding hydrogens is 498 g/mol. The number of benzene rings is 1. The second kappa shape index (κ2) is 9.89. The molecule has 0 saturated heterocycles. The van der Waals surface area contributed by atoms with E-state index in [1.165, 1.54) is 50.9 Å². The summed E-state index contributed by atoms with van der Waals surface area (Å²) in [5.74, 6) is -2.11. The first-order valence-corrected chi connectivity index (χ1v) is 11.0. The maximum absolute atomic E-state index is 14.7. The van der Waals surface area contributed by atoms with Crippen LogP contribution in [0.5, 0.6) is 11.6 Å². The fraction of sp³-hybridized carbons (Fsp3) is 0.167. The molecule has 1 N–H and O–H groups in total. The average molecular weight is 517 g/mol. The third-order valence-electron chi connectivity index (χ3n) is 5.42. The fourth-order valence-corrected chi connectivity index (χ4v) is 4.17. The summed E-state index contributed by atoms with van der Waals surface area (Å²) in [7, 11) is 2.75. The van der Waals surface area contributed by atoms with Crippen LogP contribution in [-0.4, -0.2) is 40.4 Å². The van der Waals surface area contributed by atoms with E-state index in [2.05, 4.69) is 15.3 Å². The quantitative estimate of drug-likeness (QED) is 0.272. The predicted octanol–water partition coefficient (Wildman–Crippen LogP) is 5.07. The van der Waals surface area contributed by atoms with Crippen LogP contribution in [0.4, 0.5) is 10.1 Å². The fourth-order valence-electron chi connectivity index (χ4n) is 3.73. The van der Waals surface area contributed by atoms with Gasteiger partial charge in [-0.1, -0.05) is 23.2 Å². The normalized spacial score (nSPS) is 10.9. The van der Waals surface area contributed by atoms with Gasteiger partial charge >= 0.3 is 0 Å². The van der Waals surface area contributed by atoms with Crippen molar-refractivity contribution in [3.63, 3.8) is 0 Å². The zero-order valence-electron chi connectivity index (χ0n) is 18.9. The van der Waals surface area contributed by atoms with Crippen LogP contribution < -0.4 is 14.8 Å². The summed E-state index contributed by atoms with van der Waals surface area (Å²) in [5, 5.41) is 3.57. The molecule has 0 fully saturated rings. The molecule has 3 aromatic heterocycles. The van der Waals surface area contributed by atoms with Crippen LogP contribution in [0.15, 0.2) is 42.7 Å². The number of pyridine rings is 2. The number of carbonyl (C=O) groups is 2. The molecule has 0 aliphatic carbocycles. The van der Waals surface area contributed by atoms with Crippen molar-refractivity contribution in [2.75, 3.05) is 19.5 Å². The largest absolute Gasteiger partial charge is 0.494 e. The van der Waals surface area contributed by atoms with Gasteiger partial charge in [0.15, 0.2) is 11.6 Å². The number of amides is 1. The lowest BCUT2D eigenvalue weighted by atomic mass is 10.1. The molecule has 0 aliphatic rings. The Hall–Kier alpha value is -3.69. The molecule has 1 amide bonds. The number of anilines is 1. The van der Waals surface area contributed by atoms with Crippen molar-refractivity contribution in [1.82, 2.24) is 14.5 Å². The highest BCUT2D eigenvalue weighted by molar-refractivity contribution is 6.48. The van der Waals surface area contributed by atoms with Crippen molar-refractivity contribution in [1.29, 1.82) is 0 Å². The molecule has 0 atom stereocenters. The minimum absolute atomic E-state index is 0.0642. The Morgan fingerprint density at radius 3 is 2.57 bits per heavy atom. The van der Waals surface area contributed by atoms with Gasteiger partial charge in [-0.15, -0.1) is 0 Å². The third kappa shape index (κ3) is 4.78. The highest BCUT2D eigenvalue weighted by atomic mass is 35.5. The lowest BCUT2D eigenvalue weighted by Crippen LogP contribution is -2.23. The SMILES string of the molecule is COc1cc(NC(=O)C(=O)c2c(C)n(Cc3ncc(Cl)cc3Cl)c3cc(F)c(OC)cc23)ccn1. The minimum Gasteiger partial charge on any atom is -0.494 e. The van der Waals surface area contributed by atoms with E-state index < -0.39 is 17.5 Å². The summed E-state index contributed by atoms with van der Waals surface area (Å²) >= 11 is 12.2. The van der Waals surface area contributed by atoms with E-state index in [0.717, 1.165) is 0 Å². The predicted molar refractivity (Wildman–Crippen MR) is 130 cm³/mol. The van der Waals surface area contributed by atoms with E-state index in [9.17, 15) is 14.0 Å². The van der Waals surface area contributed by atoms with E-state index in [1.54, 1.807) is 17.6 Å². The zero-order valence-corrected chi connectivity index (χ0v) is 20.4. The van der Waals surface area contributed by atoms with E-state index in [1.807, 2.05) is 0 Å². The van der Waals surface area contributed by atoms with Gasteiger partial charge in [0.25, 0.3) is 11.7 Å². The number of Topliss-reactive ketones (excluding diaryl/α,β-unsaturated/α-hetero) is 1. The number of ether oxygens (including phenoxy) is 2. The number of nitrogens with one attached hydrogen (secondary N) is 1. The maximum Gasteiger partial charge on any atom is 0.296 e. The topological polar surface area (TPSA) is 95.3 Å². The highest BCUT2D eigenvalue weighted by Gasteiger charge is 2.27. The summed E-state index contributed by atoms with van der Waals surface area (Å²) in [6.07, 6.45) is 2.88. The second-order valence-electron chi connectivity index (χ2n) is 7.50. The molecule has 3 heterocycles. The standard InChI is InChI=1S/C24H19Cl2FN4O4/c1-12-22(23(32)24(33)30-14-4-5-28-21(7-14)35-3)15-8-20(34-2)17(27)9-19(15)31(12)11-18-16(26)6-13(25)10-29-18/h4-10H,11H2,1-3H3,(H,28,30,33). The highest BCUT2D eigenvalue weighted by Crippen LogP contribution is 2.33. The van der Waals surface area contributed by atoms with Crippen molar-refractivity contribution < 1.29 is 23.5 Å². The molecular formula is C24H19Cl2FN4O4. The van der Waals surface area contributed by atoms with Gasteiger partial charge in [0.2, 0.25) is 5.88 Å². The summed E-state index contributed by atoms with van der Waals surface area (Å²) in [6.45, 7) is 1.77. The van der Waals surface area contributed by atoms with Gasteiger partial charge in [0.05, 0.1) is 47.6 Å². The van der Waals surface area contributed by atoms with Crippen molar-refractivity contribution in [2.45, 2.75) is 13.5 Å². The number of rotatable bonds is 7. The maximum atomic E-state index is 14.7. The summed E-state index contributed by atoms with van der Waals surface area (Å²) in [5.41, 5.74) is 1.68. The number of hydrogen-bond acceptors (Lipinski definition) is 6. The first-order chi connectivity index (χ1) is 16.7. The molecule has 0 aliphatic heterocycles. The molecule has 11 heteroatoms. The Balaban J connectivity index is 1.81. The van der Waals surface area contributed by atoms with Gasteiger partial charge in [0.1, 0.15) is 0 Å². The summed E-state index contributed by atoms with van der Waals surface area (Å²) < 4.78 is 26.5. The van der Waals surface area contributed by atoms with Crippen molar-refractivity contribution in [3.8, 4) is 11.6 Å². The van der Waals surface area contributed by atoms with Crippen LogP contribution in [0.25, 0.3) is 10.9 Å². The minimum atomic E-state index is -0.883. The van der Waals surface area contributed by atoms with E-state index in [0.29, 0.717) is 38.0 Å². The molecule has 8 nitrogen and oxygen atoms in total. The number of halogens is 3. The molecule has 0 spiro atoms. The van der Waals surface area contributed by atoms with Crippen molar-refractivity contribution in [3.05, 3.63) is 75.5 Å². The van der Waals surface area contributed by atoms with Gasteiger partial charge in [-0.3, -0.25) is 14.6 Å². The van der Waals surface area contributed by atoms with E-state index in [4.69, 9.17) is 32.7 Å². The van der Waals surface area contributed by atoms with Gasteiger partial charge in [0, 0.05) is 41.3 Å². The van der Waals surface area contributed by atoms with E-state index >= 15 is 0 Å². The van der Waals surface area contributed by atoms with Crippen LogP contribution in [0.3, 0.4) is 0 Å². The zero-order chi connectivity index (χ0) is 25.3. The van der Waals surface area contributed by atoms with Crippen LogP contribution >= 0.6 is 23.2 Å². The second-order valence-corrected chi connectivity index (χ2v) is 8.35. The molecule has 0 saturated carbocycles. The van der Waals surface area contributed by atoms with Gasteiger partial charge in [-0.25, -0.2) is 9.37 Å². The van der Waals surface area contributed by atoms with Gasteiger partial charge in [-0.05, 0) is 25.1 Å². The number of fused-ring (bicyclic) bond motifs is 1. The number of hydrogen-bond donors (Lipinski definition) is 1. The van der Waals surface area contributed by atoms with Crippen molar-refractivity contribution >= 4 is 51.5 Å². The lowest BCUT2D eigenvalue weighted by Gasteiger charge is -2.10. The van der Waals surface area contributed by atoms with Gasteiger partial charge in [-0.2, -0.15) is 0 Å². The summed E-state index contributed by atoms with van der Waals surface area (Å²) in [4.78, 5) is 34.5. The van der Waals surface area contributed by atoms with Crippen LogP contribution in [0, 0.1) is 12.7 Å². The molecule has 0 unspecified atom stereocenters. The third-order valence-corrected chi connectivity index (χ3v) is 5.96. The van der Waals surface area contributed by atoms with Crippen LogP contribution in [-0.2, 0) is 11.3 Å². The number of ketones is 1. The number of aromatic nitrogens is 3. The molecule has 180 valence electrons. The monoisotopic (exact) mass is 516 g/mol. The Morgan fingerprint density at radius 2 is 1.89 bits per heavy atom. The summed E-state index contributed by atoms with van der Waals surface area (Å²) in [6, 6.07) is 7.18. The Morgan fingerprint density at radius 1 is 1.11 bits per heavy atom. The molecule has 4 aromatic rings. The van der Waals surface area contributed by atoms with Gasteiger partial charge < -0.3 is 19.4 Å². The number of methoxy groups -OCH3 is 2. The average Bonchev–Trinajstić information content (AvgIpc) is 3.09. The molecule has 35 heavy (non-hydrogen) atoms. The first-order valence-electron chi connectivity index (χ1n) is 10.3. The van der Waals surface area contributed by atoms with Crippen LogP contribution in [0.1, 0.15) is 21.7 Å². The molecule has 0 bridgehead atoms. The van der Waals surface area contributed by atoms with Crippen LogP contribution in [0.2, 0.25) is 10.0 Å². The number of nitrogens with zero attached hydrogens (tertiary/aromatic N) is 3. The lowest BCUT2D eigenvalue weighted by molar-refractivity contribution is -0.112. The molecule has 0 radical (unpaired) electrons. The van der Waals surface area contributed by atoms with E-state index in [-0.39, 0.29) is 23.7 Å². The molecule has 4 rings (SSSR count). The molecule has 1 aromatic carbocycles. The smallest absolute Gasteiger partial charge is 0.296 e. The number of carbonyl (C=O) groups excluding carboxylic acids is 2. The Labute approximate surface area is 209 Å². The Kier molecular flexibility index (Phi) is 6.90.